The van der Waals surface area contributed by atoms with Crippen molar-refractivity contribution in [1.82, 2.24) is 10.2 Å². The number of aliphatic imine (C=N–C) groups is 1. The van der Waals surface area contributed by atoms with Crippen molar-refractivity contribution < 1.29 is 14.2 Å². The Balaban J connectivity index is 0.00000289. The van der Waals surface area contributed by atoms with Gasteiger partial charge in [0, 0.05) is 24.2 Å². The van der Waals surface area contributed by atoms with Crippen LogP contribution in [-0.2, 0) is 6.54 Å². The lowest BCUT2D eigenvalue weighted by molar-refractivity contribution is 0.0359. The van der Waals surface area contributed by atoms with Crippen LogP contribution >= 0.6 is 24.8 Å². The molecule has 0 aliphatic carbocycles. The van der Waals surface area contributed by atoms with Gasteiger partial charge in [-0.2, -0.15) is 0 Å². The fourth-order valence-electron chi connectivity index (χ4n) is 4.02. The number of para-hydroxylation sites is 1. The van der Waals surface area contributed by atoms with E-state index >= 15 is 0 Å². The summed E-state index contributed by atoms with van der Waals surface area (Å²) in [5.74, 6) is 3.81. The van der Waals surface area contributed by atoms with Gasteiger partial charge in [-0.15, -0.1) is 24.8 Å². The first-order valence-electron chi connectivity index (χ1n) is 11.5. The van der Waals surface area contributed by atoms with Gasteiger partial charge in [-0.25, -0.2) is 0 Å². The standard InChI is InChI=1S/C26H37N3O3.2ClH/c1-7-29(16-21-10-8-9-11-22(21)30-6)20(5)32-24-15-19(4)14-23(26(24)18(2)3)31-17-25-27-12-13-28-25;;/h8-11,14-15,18,20H,7,12-13,16-17H2,1-6H3,(H,27,28);2*1H. The maximum absolute atomic E-state index is 6.56. The number of benzene rings is 2. The molecule has 0 saturated heterocycles. The Labute approximate surface area is 216 Å². The molecule has 2 aromatic carbocycles. The van der Waals surface area contributed by atoms with E-state index in [4.69, 9.17) is 14.2 Å². The van der Waals surface area contributed by atoms with Crippen molar-refractivity contribution in [2.75, 3.05) is 33.4 Å². The van der Waals surface area contributed by atoms with Crippen molar-refractivity contribution in [3.63, 3.8) is 0 Å². The predicted octanol–water partition coefficient (Wildman–Crippen LogP) is 5.60. The zero-order valence-electron chi connectivity index (χ0n) is 21.1. The maximum Gasteiger partial charge on any atom is 0.150 e. The van der Waals surface area contributed by atoms with E-state index in [1.807, 2.05) is 18.2 Å². The van der Waals surface area contributed by atoms with Gasteiger partial charge in [0.05, 0.1) is 13.7 Å². The van der Waals surface area contributed by atoms with E-state index in [0.717, 1.165) is 66.0 Å². The molecule has 8 heteroatoms. The topological polar surface area (TPSA) is 55.3 Å². The number of hydrogen-bond donors (Lipinski definition) is 1. The van der Waals surface area contributed by atoms with E-state index in [1.165, 1.54) is 0 Å². The van der Waals surface area contributed by atoms with E-state index in [1.54, 1.807) is 7.11 Å². The van der Waals surface area contributed by atoms with Crippen molar-refractivity contribution >= 4 is 30.6 Å². The molecule has 0 aromatic heterocycles. The van der Waals surface area contributed by atoms with Crippen molar-refractivity contribution in [3.05, 3.63) is 53.1 Å². The minimum Gasteiger partial charge on any atom is -0.496 e. The minimum atomic E-state index is -0.113. The van der Waals surface area contributed by atoms with E-state index in [0.29, 0.717) is 6.61 Å². The Morgan fingerprint density at radius 3 is 2.38 bits per heavy atom. The monoisotopic (exact) mass is 511 g/mol. The smallest absolute Gasteiger partial charge is 0.150 e. The Bertz CT molecular complexity index is 938. The minimum absolute atomic E-state index is 0. The molecule has 1 aliphatic rings. The molecule has 3 rings (SSSR count). The van der Waals surface area contributed by atoms with Crippen LogP contribution in [0.2, 0.25) is 0 Å². The number of halogens is 2. The largest absolute Gasteiger partial charge is 0.496 e. The highest BCUT2D eigenvalue weighted by Crippen LogP contribution is 2.37. The first-order chi connectivity index (χ1) is 15.4. The molecular weight excluding hydrogens is 473 g/mol. The highest BCUT2D eigenvalue weighted by molar-refractivity contribution is 5.86. The van der Waals surface area contributed by atoms with Crippen LogP contribution in [0.1, 0.15) is 50.3 Å². The van der Waals surface area contributed by atoms with Gasteiger partial charge in [0.25, 0.3) is 0 Å². The first-order valence-corrected chi connectivity index (χ1v) is 11.5. The lowest BCUT2D eigenvalue weighted by atomic mass is 9.99. The molecule has 0 radical (unpaired) electrons. The van der Waals surface area contributed by atoms with Gasteiger partial charge < -0.3 is 19.5 Å². The summed E-state index contributed by atoms with van der Waals surface area (Å²) in [5, 5.41) is 3.27. The van der Waals surface area contributed by atoms with Crippen LogP contribution in [0.5, 0.6) is 17.2 Å². The summed E-state index contributed by atoms with van der Waals surface area (Å²) in [5.41, 5.74) is 3.35. The summed E-state index contributed by atoms with van der Waals surface area (Å²) in [6.45, 7) is 14.4. The zero-order chi connectivity index (χ0) is 23.1. The van der Waals surface area contributed by atoms with Gasteiger partial charge in [0.1, 0.15) is 35.9 Å². The predicted molar refractivity (Wildman–Crippen MR) is 145 cm³/mol. The molecule has 1 atom stereocenters. The first kappa shape index (κ1) is 29.9. The fraction of sp³-hybridized carbons (Fsp3) is 0.500. The van der Waals surface area contributed by atoms with Gasteiger partial charge in [-0.05, 0) is 50.1 Å². The quantitative estimate of drug-likeness (QED) is 0.398. The molecule has 34 heavy (non-hydrogen) atoms. The number of nitrogens with zero attached hydrogens (tertiary/aromatic N) is 2. The molecule has 0 fully saturated rings. The highest BCUT2D eigenvalue weighted by Gasteiger charge is 2.22. The van der Waals surface area contributed by atoms with Crippen LogP contribution in [0.4, 0.5) is 0 Å². The zero-order valence-corrected chi connectivity index (χ0v) is 22.7. The summed E-state index contributed by atoms with van der Waals surface area (Å²) in [7, 11) is 1.71. The van der Waals surface area contributed by atoms with Crippen LogP contribution in [0, 0.1) is 6.92 Å². The summed E-state index contributed by atoms with van der Waals surface area (Å²) in [6.07, 6.45) is -0.113. The number of methoxy groups -OCH3 is 1. The van der Waals surface area contributed by atoms with Crippen molar-refractivity contribution in [2.45, 2.75) is 53.3 Å². The van der Waals surface area contributed by atoms with Crippen molar-refractivity contribution in [1.29, 1.82) is 0 Å². The van der Waals surface area contributed by atoms with Crippen LogP contribution in [-0.4, -0.2) is 50.3 Å². The van der Waals surface area contributed by atoms with Crippen LogP contribution in [0.3, 0.4) is 0 Å². The molecule has 190 valence electrons. The number of hydrogen-bond acceptors (Lipinski definition) is 6. The second-order valence-electron chi connectivity index (χ2n) is 8.47. The van der Waals surface area contributed by atoms with Crippen molar-refractivity contribution in [2.24, 2.45) is 4.99 Å². The Kier molecular flexibility index (Phi) is 12.6. The molecule has 1 unspecified atom stereocenters. The summed E-state index contributed by atoms with van der Waals surface area (Å²) in [6, 6.07) is 12.3. The van der Waals surface area contributed by atoms with Gasteiger partial charge in [0.2, 0.25) is 0 Å². The van der Waals surface area contributed by atoms with Gasteiger partial charge in [-0.3, -0.25) is 9.89 Å². The number of ether oxygens (including phenoxy) is 3. The Morgan fingerprint density at radius 2 is 1.76 bits per heavy atom. The molecule has 1 N–H and O–H groups in total. The van der Waals surface area contributed by atoms with Gasteiger partial charge in [-0.1, -0.05) is 39.0 Å². The molecule has 0 bridgehead atoms. The molecule has 1 heterocycles. The van der Waals surface area contributed by atoms with Crippen LogP contribution < -0.4 is 19.5 Å². The molecule has 1 aliphatic heterocycles. The van der Waals surface area contributed by atoms with Crippen molar-refractivity contribution in [3.8, 4) is 17.2 Å². The van der Waals surface area contributed by atoms with Gasteiger partial charge in [0.15, 0.2) is 0 Å². The number of amidine groups is 1. The Morgan fingerprint density at radius 1 is 1.06 bits per heavy atom. The van der Waals surface area contributed by atoms with E-state index in [-0.39, 0.29) is 37.0 Å². The van der Waals surface area contributed by atoms with E-state index in [2.05, 4.69) is 68.0 Å². The average molecular weight is 513 g/mol. The van der Waals surface area contributed by atoms with Crippen LogP contribution in [0.15, 0.2) is 41.4 Å². The molecule has 0 amide bonds. The third-order valence-corrected chi connectivity index (χ3v) is 5.72. The average Bonchev–Trinajstić information content (AvgIpc) is 3.29. The molecule has 0 saturated carbocycles. The summed E-state index contributed by atoms with van der Waals surface area (Å²) >= 11 is 0. The Hall–Kier alpha value is -2.15. The lowest BCUT2D eigenvalue weighted by Crippen LogP contribution is -2.37. The summed E-state index contributed by atoms with van der Waals surface area (Å²) < 4.78 is 18.3. The second kappa shape index (κ2) is 14.3. The highest BCUT2D eigenvalue weighted by atomic mass is 35.5. The molecule has 2 aromatic rings. The maximum atomic E-state index is 6.56. The van der Waals surface area contributed by atoms with E-state index < -0.39 is 0 Å². The summed E-state index contributed by atoms with van der Waals surface area (Å²) in [4.78, 5) is 6.73. The van der Waals surface area contributed by atoms with E-state index in [9.17, 15) is 0 Å². The third-order valence-electron chi connectivity index (χ3n) is 5.72. The SMILES string of the molecule is CCN(Cc1ccccc1OC)C(C)Oc1cc(C)cc(OCC2=NCCN2)c1C(C)C.Cl.Cl. The molecular formula is C26H39Cl2N3O3. The lowest BCUT2D eigenvalue weighted by Gasteiger charge is -2.30. The van der Waals surface area contributed by atoms with Crippen LogP contribution in [0.25, 0.3) is 0 Å². The number of rotatable bonds is 11. The normalized spacial score (nSPS) is 13.5. The van der Waals surface area contributed by atoms with Gasteiger partial charge >= 0.3 is 0 Å². The molecule has 6 nitrogen and oxygen atoms in total. The number of aryl methyl sites for hydroxylation is 1. The molecule has 0 spiro atoms. The number of nitrogens with one attached hydrogen (secondary N) is 1. The fourth-order valence-corrected chi connectivity index (χ4v) is 4.02. The second-order valence-corrected chi connectivity index (χ2v) is 8.47. The third kappa shape index (κ3) is 7.69.